The van der Waals surface area contributed by atoms with Gasteiger partial charge in [0.2, 0.25) is 5.91 Å². The topological polar surface area (TPSA) is 68.8 Å². The molecule has 1 aliphatic heterocycles. The molecule has 0 spiro atoms. The Labute approximate surface area is 175 Å². The molecule has 1 amide bonds. The Morgan fingerprint density at radius 1 is 0.966 bits per heavy atom. The highest BCUT2D eigenvalue weighted by Crippen LogP contribution is 2.27. The zero-order valence-electron chi connectivity index (χ0n) is 17.9. The minimum absolute atomic E-state index is 0.177. The second-order valence-corrected chi connectivity index (χ2v) is 8.36. The number of hydrogen-bond acceptors (Lipinski definition) is 3. The van der Waals surface area contributed by atoms with Crippen LogP contribution < -0.4 is 16.0 Å². The van der Waals surface area contributed by atoms with Gasteiger partial charge in [0.05, 0.1) is 0 Å². The van der Waals surface area contributed by atoms with Crippen molar-refractivity contribution in [2.24, 2.45) is 10.9 Å². The number of guanidine groups is 1. The molecule has 0 bridgehead atoms. The van der Waals surface area contributed by atoms with Crippen LogP contribution in [0, 0.1) is 5.92 Å². The maximum absolute atomic E-state index is 12.0. The molecule has 1 saturated carbocycles. The molecular formula is C23H37N5O. The lowest BCUT2D eigenvalue weighted by Crippen LogP contribution is -2.41. The van der Waals surface area contributed by atoms with Gasteiger partial charge in [0.15, 0.2) is 5.96 Å². The number of nitrogens with one attached hydrogen (secondary N) is 3. The van der Waals surface area contributed by atoms with Crippen LogP contribution in [0.1, 0.15) is 56.1 Å². The number of amides is 1. The summed E-state index contributed by atoms with van der Waals surface area (Å²) in [5.74, 6) is 1.53. The number of likely N-dealkylation sites (tertiary alicyclic amines) is 1. The highest BCUT2D eigenvalue weighted by atomic mass is 16.1. The van der Waals surface area contributed by atoms with Gasteiger partial charge in [-0.3, -0.25) is 14.7 Å². The van der Waals surface area contributed by atoms with E-state index < -0.39 is 0 Å². The van der Waals surface area contributed by atoms with Crippen molar-refractivity contribution < 1.29 is 4.79 Å². The minimum atomic E-state index is 0.177. The summed E-state index contributed by atoms with van der Waals surface area (Å²) in [4.78, 5) is 18.8. The van der Waals surface area contributed by atoms with E-state index >= 15 is 0 Å². The monoisotopic (exact) mass is 399 g/mol. The molecule has 0 aromatic heterocycles. The summed E-state index contributed by atoms with van der Waals surface area (Å²) >= 11 is 0. The smallest absolute Gasteiger partial charge is 0.220 e. The van der Waals surface area contributed by atoms with Crippen LogP contribution in [0.3, 0.4) is 0 Å². The number of rotatable bonds is 9. The SMILES string of the molecule is CN=C(NCCNC(=O)CC1CCCC1)NCc1ccc(CN2CCCC2)cc1. The Kier molecular flexibility index (Phi) is 8.81. The normalized spacial score (nSPS) is 18.2. The van der Waals surface area contributed by atoms with E-state index in [1.54, 1.807) is 7.05 Å². The quantitative estimate of drug-likeness (QED) is 0.339. The van der Waals surface area contributed by atoms with Crippen LogP contribution in [0.4, 0.5) is 0 Å². The highest BCUT2D eigenvalue weighted by Gasteiger charge is 2.18. The molecular weight excluding hydrogens is 362 g/mol. The van der Waals surface area contributed by atoms with Gasteiger partial charge in [-0.25, -0.2) is 0 Å². The minimum Gasteiger partial charge on any atom is -0.355 e. The Hall–Kier alpha value is -2.08. The summed E-state index contributed by atoms with van der Waals surface area (Å²) in [5.41, 5.74) is 2.62. The summed E-state index contributed by atoms with van der Waals surface area (Å²) in [6.07, 6.45) is 8.33. The predicted molar refractivity (Wildman–Crippen MR) is 119 cm³/mol. The molecule has 1 heterocycles. The van der Waals surface area contributed by atoms with Gasteiger partial charge in [0, 0.05) is 39.6 Å². The summed E-state index contributed by atoms with van der Waals surface area (Å²) in [6.45, 7) is 5.54. The van der Waals surface area contributed by atoms with Crippen molar-refractivity contribution in [2.45, 2.75) is 58.0 Å². The zero-order valence-corrected chi connectivity index (χ0v) is 17.9. The van der Waals surface area contributed by atoms with E-state index in [1.165, 1.54) is 62.7 Å². The summed E-state index contributed by atoms with van der Waals surface area (Å²) in [7, 11) is 1.77. The van der Waals surface area contributed by atoms with Gasteiger partial charge >= 0.3 is 0 Å². The van der Waals surface area contributed by atoms with Crippen molar-refractivity contribution >= 4 is 11.9 Å². The van der Waals surface area contributed by atoms with Gasteiger partial charge in [-0.2, -0.15) is 0 Å². The molecule has 2 fully saturated rings. The first kappa shape index (κ1) is 21.6. The Morgan fingerprint density at radius 2 is 1.62 bits per heavy atom. The molecule has 160 valence electrons. The van der Waals surface area contributed by atoms with E-state index in [0.717, 1.165) is 19.0 Å². The van der Waals surface area contributed by atoms with E-state index in [0.29, 0.717) is 25.4 Å². The lowest BCUT2D eigenvalue weighted by Gasteiger charge is -2.15. The predicted octanol–water partition coefficient (Wildman–Crippen LogP) is 2.64. The number of aliphatic imine (C=N–C) groups is 1. The van der Waals surface area contributed by atoms with Crippen LogP contribution in [0.5, 0.6) is 0 Å². The molecule has 2 aliphatic rings. The Morgan fingerprint density at radius 3 is 2.31 bits per heavy atom. The van der Waals surface area contributed by atoms with Gasteiger partial charge in [-0.1, -0.05) is 37.1 Å². The van der Waals surface area contributed by atoms with Gasteiger partial charge in [0.1, 0.15) is 0 Å². The average Bonchev–Trinajstić information content (AvgIpc) is 3.43. The first-order valence-corrected chi connectivity index (χ1v) is 11.2. The van der Waals surface area contributed by atoms with Crippen molar-refractivity contribution in [3.8, 4) is 0 Å². The molecule has 1 aliphatic carbocycles. The largest absolute Gasteiger partial charge is 0.355 e. The third-order valence-electron chi connectivity index (χ3n) is 6.00. The van der Waals surface area contributed by atoms with E-state index in [2.05, 4.69) is 50.1 Å². The molecule has 1 aromatic carbocycles. The van der Waals surface area contributed by atoms with E-state index in [-0.39, 0.29) is 5.91 Å². The number of carbonyl (C=O) groups is 1. The van der Waals surface area contributed by atoms with Crippen LogP contribution in [0.25, 0.3) is 0 Å². The molecule has 6 nitrogen and oxygen atoms in total. The van der Waals surface area contributed by atoms with Gasteiger partial charge in [-0.05, 0) is 55.8 Å². The molecule has 0 radical (unpaired) electrons. The maximum atomic E-state index is 12.0. The van der Waals surface area contributed by atoms with Crippen molar-refractivity contribution in [1.82, 2.24) is 20.9 Å². The molecule has 0 unspecified atom stereocenters. The van der Waals surface area contributed by atoms with Gasteiger partial charge in [-0.15, -0.1) is 0 Å². The molecule has 6 heteroatoms. The summed E-state index contributed by atoms with van der Waals surface area (Å²) in [5, 5.41) is 9.62. The molecule has 1 aromatic rings. The van der Waals surface area contributed by atoms with Crippen LogP contribution in [-0.4, -0.2) is 50.0 Å². The molecule has 0 atom stereocenters. The van der Waals surface area contributed by atoms with Gasteiger partial charge in [0.25, 0.3) is 0 Å². The fourth-order valence-corrected chi connectivity index (χ4v) is 4.30. The van der Waals surface area contributed by atoms with E-state index in [9.17, 15) is 4.79 Å². The lowest BCUT2D eigenvalue weighted by atomic mass is 10.0. The third-order valence-corrected chi connectivity index (χ3v) is 6.00. The summed E-state index contributed by atoms with van der Waals surface area (Å²) in [6, 6.07) is 8.83. The van der Waals surface area contributed by atoms with E-state index in [1.807, 2.05) is 0 Å². The second kappa shape index (κ2) is 11.8. The zero-order chi connectivity index (χ0) is 20.3. The molecule has 3 N–H and O–H groups in total. The number of benzene rings is 1. The second-order valence-electron chi connectivity index (χ2n) is 8.36. The number of hydrogen-bond donors (Lipinski definition) is 3. The first-order chi connectivity index (χ1) is 14.2. The fraction of sp³-hybridized carbons (Fsp3) is 0.652. The maximum Gasteiger partial charge on any atom is 0.220 e. The lowest BCUT2D eigenvalue weighted by molar-refractivity contribution is -0.121. The van der Waals surface area contributed by atoms with E-state index in [4.69, 9.17) is 0 Å². The van der Waals surface area contributed by atoms with Gasteiger partial charge < -0.3 is 16.0 Å². The van der Waals surface area contributed by atoms with Crippen molar-refractivity contribution in [2.75, 3.05) is 33.2 Å². The number of nitrogens with zero attached hydrogens (tertiary/aromatic N) is 2. The van der Waals surface area contributed by atoms with Crippen LogP contribution in [-0.2, 0) is 17.9 Å². The average molecular weight is 400 g/mol. The molecule has 1 saturated heterocycles. The third kappa shape index (κ3) is 7.69. The first-order valence-electron chi connectivity index (χ1n) is 11.2. The van der Waals surface area contributed by atoms with Crippen molar-refractivity contribution in [1.29, 1.82) is 0 Å². The Balaban J connectivity index is 1.29. The van der Waals surface area contributed by atoms with Crippen LogP contribution in [0.2, 0.25) is 0 Å². The van der Waals surface area contributed by atoms with Crippen LogP contribution in [0.15, 0.2) is 29.3 Å². The highest BCUT2D eigenvalue weighted by molar-refractivity contribution is 5.80. The molecule has 29 heavy (non-hydrogen) atoms. The van der Waals surface area contributed by atoms with Crippen LogP contribution >= 0.6 is 0 Å². The standard InChI is InChI=1S/C23H37N5O/c1-24-23(26-13-12-25-22(29)16-19-6-2-3-7-19)27-17-20-8-10-21(11-9-20)18-28-14-4-5-15-28/h8-11,19H,2-7,12-18H2,1H3,(H,25,29)(H2,24,26,27). The van der Waals surface area contributed by atoms with Crippen molar-refractivity contribution in [3.63, 3.8) is 0 Å². The fourth-order valence-electron chi connectivity index (χ4n) is 4.30. The van der Waals surface area contributed by atoms with Crippen molar-refractivity contribution in [3.05, 3.63) is 35.4 Å². The number of carbonyl (C=O) groups excluding carboxylic acids is 1. The summed E-state index contributed by atoms with van der Waals surface area (Å²) < 4.78 is 0. The molecule has 3 rings (SSSR count). The Bertz CT molecular complexity index is 646.